The predicted molar refractivity (Wildman–Crippen MR) is 72.1 cm³/mol. The summed E-state index contributed by atoms with van der Waals surface area (Å²) in [4.78, 5) is 19.9. The first kappa shape index (κ1) is 13.7. The minimum absolute atomic E-state index is 0.126. The van der Waals surface area contributed by atoms with E-state index in [4.69, 9.17) is 4.74 Å². The van der Waals surface area contributed by atoms with Crippen LogP contribution < -0.4 is 10.6 Å². The molecular formula is C13H20N4O2. The number of carbonyl (C=O) groups excluding carboxylic acids is 1. The Morgan fingerprint density at radius 3 is 2.89 bits per heavy atom. The molecule has 0 unspecified atom stereocenters. The molecular weight excluding hydrogens is 244 g/mol. The SMILES string of the molecule is CNc1ncc(C(=O)NCC[C@H]2CCCOC2)cn1. The lowest BCUT2D eigenvalue weighted by Crippen LogP contribution is -2.28. The summed E-state index contributed by atoms with van der Waals surface area (Å²) in [6.45, 7) is 2.36. The monoisotopic (exact) mass is 264 g/mol. The molecule has 1 atom stereocenters. The van der Waals surface area contributed by atoms with Gasteiger partial charge in [-0.2, -0.15) is 0 Å². The Balaban J connectivity index is 1.73. The number of nitrogens with one attached hydrogen (secondary N) is 2. The lowest BCUT2D eigenvalue weighted by atomic mass is 9.99. The van der Waals surface area contributed by atoms with Crippen molar-refractivity contribution >= 4 is 11.9 Å². The molecule has 6 heteroatoms. The van der Waals surface area contributed by atoms with E-state index in [2.05, 4.69) is 20.6 Å². The van der Waals surface area contributed by atoms with Crippen LogP contribution in [0.1, 0.15) is 29.6 Å². The lowest BCUT2D eigenvalue weighted by Gasteiger charge is -2.21. The van der Waals surface area contributed by atoms with Gasteiger partial charge in [-0.3, -0.25) is 4.79 Å². The molecule has 0 aliphatic carbocycles. The average molecular weight is 264 g/mol. The molecule has 1 aliphatic heterocycles. The van der Waals surface area contributed by atoms with Gasteiger partial charge in [0.2, 0.25) is 5.95 Å². The number of hydrogen-bond acceptors (Lipinski definition) is 5. The second kappa shape index (κ2) is 7.04. The number of nitrogens with zero attached hydrogens (tertiary/aromatic N) is 2. The molecule has 1 fully saturated rings. The third-order valence-corrected chi connectivity index (χ3v) is 3.23. The van der Waals surface area contributed by atoms with Crippen molar-refractivity contribution in [2.24, 2.45) is 5.92 Å². The number of carbonyl (C=O) groups is 1. The minimum atomic E-state index is -0.126. The van der Waals surface area contributed by atoms with E-state index in [1.54, 1.807) is 7.05 Å². The van der Waals surface area contributed by atoms with Gasteiger partial charge in [-0.15, -0.1) is 0 Å². The van der Waals surface area contributed by atoms with Gasteiger partial charge < -0.3 is 15.4 Å². The maximum absolute atomic E-state index is 11.8. The van der Waals surface area contributed by atoms with E-state index >= 15 is 0 Å². The van der Waals surface area contributed by atoms with Crippen molar-refractivity contribution in [1.82, 2.24) is 15.3 Å². The topological polar surface area (TPSA) is 76.1 Å². The van der Waals surface area contributed by atoms with E-state index < -0.39 is 0 Å². The summed E-state index contributed by atoms with van der Waals surface area (Å²) in [5, 5.41) is 5.70. The summed E-state index contributed by atoms with van der Waals surface area (Å²) in [7, 11) is 1.74. The van der Waals surface area contributed by atoms with E-state index in [-0.39, 0.29) is 5.91 Å². The summed E-state index contributed by atoms with van der Waals surface area (Å²) in [5.41, 5.74) is 0.485. The largest absolute Gasteiger partial charge is 0.381 e. The van der Waals surface area contributed by atoms with Gasteiger partial charge >= 0.3 is 0 Å². The van der Waals surface area contributed by atoms with Crippen molar-refractivity contribution in [1.29, 1.82) is 0 Å². The summed E-state index contributed by atoms with van der Waals surface area (Å²) in [6.07, 6.45) is 6.32. The van der Waals surface area contributed by atoms with Gasteiger partial charge in [0.15, 0.2) is 0 Å². The molecule has 1 saturated heterocycles. The third-order valence-electron chi connectivity index (χ3n) is 3.23. The van der Waals surface area contributed by atoms with Crippen molar-refractivity contribution in [2.45, 2.75) is 19.3 Å². The maximum Gasteiger partial charge on any atom is 0.254 e. The van der Waals surface area contributed by atoms with Gasteiger partial charge in [-0.25, -0.2) is 9.97 Å². The van der Waals surface area contributed by atoms with Crippen molar-refractivity contribution in [3.8, 4) is 0 Å². The number of aromatic nitrogens is 2. The fraction of sp³-hybridized carbons (Fsp3) is 0.615. The highest BCUT2D eigenvalue weighted by atomic mass is 16.5. The number of anilines is 1. The van der Waals surface area contributed by atoms with Crippen LogP contribution in [0.5, 0.6) is 0 Å². The molecule has 0 aromatic carbocycles. The molecule has 0 spiro atoms. The highest BCUT2D eigenvalue weighted by molar-refractivity contribution is 5.93. The highest BCUT2D eigenvalue weighted by Crippen LogP contribution is 2.16. The van der Waals surface area contributed by atoms with E-state index in [0.717, 1.165) is 26.1 Å². The molecule has 0 radical (unpaired) electrons. The predicted octanol–water partition coefficient (Wildman–Crippen LogP) is 1.06. The van der Waals surface area contributed by atoms with E-state index in [1.807, 2.05) is 0 Å². The first-order chi connectivity index (χ1) is 9.29. The molecule has 2 heterocycles. The van der Waals surface area contributed by atoms with Crippen LogP contribution in [0, 0.1) is 5.92 Å². The molecule has 0 saturated carbocycles. The number of rotatable bonds is 5. The molecule has 0 bridgehead atoms. The van der Waals surface area contributed by atoms with Crippen molar-refractivity contribution in [2.75, 3.05) is 32.1 Å². The zero-order chi connectivity index (χ0) is 13.5. The molecule has 1 aromatic heterocycles. The van der Waals surface area contributed by atoms with Crippen LogP contribution in [0.15, 0.2) is 12.4 Å². The Morgan fingerprint density at radius 1 is 1.47 bits per heavy atom. The Bertz CT molecular complexity index is 402. The Kier molecular flexibility index (Phi) is 5.09. The van der Waals surface area contributed by atoms with Crippen LogP contribution in [0.3, 0.4) is 0 Å². The summed E-state index contributed by atoms with van der Waals surface area (Å²) in [5.74, 6) is 0.951. The molecule has 1 aromatic rings. The number of amides is 1. The first-order valence-electron chi connectivity index (χ1n) is 6.65. The summed E-state index contributed by atoms with van der Waals surface area (Å²) in [6, 6.07) is 0. The van der Waals surface area contributed by atoms with Gasteiger partial charge in [0, 0.05) is 39.2 Å². The van der Waals surface area contributed by atoms with Gasteiger partial charge in [0.25, 0.3) is 5.91 Å². The highest BCUT2D eigenvalue weighted by Gasteiger charge is 2.14. The van der Waals surface area contributed by atoms with E-state index in [9.17, 15) is 4.79 Å². The van der Waals surface area contributed by atoms with Crippen LogP contribution in [-0.2, 0) is 4.74 Å². The van der Waals surface area contributed by atoms with Gasteiger partial charge in [0.1, 0.15) is 0 Å². The van der Waals surface area contributed by atoms with Crippen molar-refractivity contribution in [3.05, 3.63) is 18.0 Å². The third kappa shape index (κ3) is 4.17. The zero-order valence-electron chi connectivity index (χ0n) is 11.2. The van der Waals surface area contributed by atoms with E-state index in [0.29, 0.717) is 24.0 Å². The van der Waals surface area contributed by atoms with E-state index in [1.165, 1.54) is 18.8 Å². The zero-order valence-corrected chi connectivity index (χ0v) is 11.2. The molecule has 2 rings (SSSR count). The standard InChI is InChI=1S/C13H20N4O2/c1-14-13-16-7-11(8-17-13)12(18)15-5-4-10-3-2-6-19-9-10/h7-8,10H,2-6,9H2,1H3,(H,15,18)(H,14,16,17)/t10-/m1/s1. The Labute approximate surface area is 113 Å². The normalized spacial score (nSPS) is 18.9. The fourth-order valence-electron chi connectivity index (χ4n) is 2.10. The minimum Gasteiger partial charge on any atom is -0.381 e. The van der Waals surface area contributed by atoms with Crippen LogP contribution in [-0.4, -0.2) is 42.7 Å². The molecule has 2 N–H and O–H groups in total. The summed E-state index contributed by atoms with van der Waals surface area (Å²) >= 11 is 0. The first-order valence-corrected chi connectivity index (χ1v) is 6.65. The molecule has 1 amide bonds. The van der Waals surface area contributed by atoms with Gasteiger partial charge in [-0.1, -0.05) is 0 Å². The molecule has 6 nitrogen and oxygen atoms in total. The molecule has 1 aliphatic rings. The van der Waals surface area contributed by atoms with Crippen molar-refractivity contribution < 1.29 is 9.53 Å². The Morgan fingerprint density at radius 2 is 2.26 bits per heavy atom. The van der Waals surface area contributed by atoms with Gasteiger partial charge in [0.05, 0.1) is 5.56 Å². The second-order valence-corrected chi connectivity index (χ2v) is 4.67. The van der Waals surface area contributed by atoms with Crippen LogP contribution in [0.25, 0.3) is 0 Å². The van der Waals surface area contributed by atoms with Gasteiger partial charge in [-0.05, 0) is 25.2 Å². The number of ether oxygens (including phenoxy) is 1. The van der Waals surface area contributed by atoms with Crippen LogP contribution in [0.2, 0.25) is 0 Å². The Hall–Kier alpha value is -1.69. The summed E-state index contributed by atoms with van der Waals surface area (Å²) < 4.78 is 5.41. The van der Waals surface area contributed by atoms with Crippen LogP contribution in [0.4, 0.5) is 5.95 Å². The second-order valence-electron chi connectivity index (χ2n) is 4.67. The molecule has 104 valence electrons. The average Bonchev–Trinajstić information content (AvgIpc) is 2.48. The van der Waals surface area contributed by atoms with Crippen molar-refractivity contribution in [3.63, 3.8) is 0 Å². The lowest BCUT2D eigenvalue weighted by molar-refractivity contribution is 0.0514. The van der Waals surface area contributed by atoms with Crippen LogP contribution >= 0.6 is 0 Å². The quantitative estimate of drug-likeness (QED) is 0.831. The molecule has 19 heavy (non-hydrogen) atoms. The maximum atomic E-state index is 11.8. The number of hydrogen-bond donors (Lipinski definition) is 2. The fourth-order valence-corrected chi connectivity index (χ4v) is 2.10. The smallest absolute Gasteiger partial charge is 0.254 e.